The first-order chi connectivity index (χ1) is 19.1. The number of carboxylic acids is 1. The molecule has 206 valence electrons. The molecule has 11 nitrogen and oxygen atoms in total. The van der Waals surface area contributed by atoms with Crippen LogP contribution >= 0.6 is 0 Å². The largest absolute Gasteiger partial charge is 0.490 e. The molecule has 14 heteroatoms. The van der Waals surface area contributed by atoms with Crippen LogP contribution in [0, 0.1) is 0 Å². The van der Waals surface area contributed by atoms with Crippen LogP contribution in [0.2, 0.25) is 0 Å². The molecule has 0 radical (unpaired) electrons. The number of halogens is 3. The summed E-state index contributed by atoms with van der Waals surface area (Å²) in [5.41, 5.74) is 11.7. The van der Waals surface area contributed by atoms with Crippen molar-refractivity contribution in [3.8, 4) is 11.4 Å². The minimum absolute atomic E-state index is 0.287. The summed E-state index contributed by atoms with van der Waals surface area (Å²) in [7, 11) is 0. The summed E-state index contributed by atoms with van der Waals surface area (Å²) in [5, 5.41) is 10.6. The maximum atomic E-state index is 12.3. The van der Waals surface area contributed by atoms with Crippen LogP contribution in [-0.4, -0.2) is 52.6 Å². The number of amides is 1. The van der Waals surface area contributed by atoms with E-state index in [0.29, 0.717) is 29.2 Å². The Morgan fingerprint density at radius 3 is 2.45 bits per heavy atom. The summed E-state index contributed by atoms with van der Waals surface area (Å²) < 4.78 is 33.8. The van der Waals surface area contributed by atoms with Gasteiger partial charge in [0.2, 0.25) is 0 Å². The summed E-state index contributed by atoms with van der Waals surface area (Å²) in [6.45, 7) is 2.80. The number of aromatic amines is 1. The number of nitrogens with two attached hydrogens (primary N) is 1. The third kappa shape index (κ3) is 6.23. The van der Waals surface area contributed by atoms with Crippen LogP contribution in [0.15, 0.2) is 67.6 Å². The van der Waals surface area contributed by atoms with E-state index in [2.05, 4.69) is 43.2 Å². The van der Waals surface area contributed by atoms with E-state index in [0.717, 1.165) is 28.8 Å². The van der Waals surface area contributed by atoms with Crippen LogP contribution in [-0.2, 0) is 17.8 Å². The second kappa shape index (κ2) is 11.6. The molecular formula is C26H23F3N8O3. The number of primary amides is 1. The van der Waals surface area contributed by atoms with Gasteiger partial charge in [0, 0.05) is 48.8 Å². The third-order valence-electron chi connectivity index (χ3n) is 5.78. The molecule has 1 amide bonds. The summed E-state index contributed by atoms with van der Waals surface area (Å²) in [6, 6.07) is 9.79. The van der Waals surface area contributed by atoms with Gasteiger partial charge in [0.25, 0.3) is 5.91 Å². The number of pyridine rings is 2. The van der Waals surface area contributed by atoms with Crippen LogP contribution in [0.3, 0.4) is 0 Å². The highest BCUT2D eigenvalue weighted by Crippen LogP contribution is 2.32. The lowest BCUT2D eigenvalue weighted by Crippen LogP contribution is -2.21. The lowest BCUT2D eigenvalue weighted by Gasteiger charge is -2.17. The van der Waals surface area contributed by atoms with Gasteiger partial charge in [-0.05, 0) is 35.7 Å². The Balaban J connectivity index is 0.000000470. The third-order valence-corrected chi connectivity index (χ3v) is 5.78. The van der Waals surface area contributed by atoms with Gasteiger partial charge in [-0.2, -0.15) is 13.2 Å². The summed E-state index contributed by atoms with van der Waals surface area (Å²) in [6.07, 6.45) is 6.07. The molecule has 0 aliphatic heterocycles. The summed E-state index contributed by atoms with van der Waals surface area (Å²) in [4.78, 5) is 41.6. The number of alkyl halides is 3. The van der Waals surface area contributed by atoms with Gasteiger partial charge in [0.15, 0.2) is 5.65 Å². The van der Waals surface area contributed by atoms with E-state index < -0.39 is 18.1 Å². The zero-order chi connectivity index (χ0) is 28.9. The molecule has 0 aliphatic carbocycles. The minimum Gasteiger partial charge on any atom is -0.475 e. The van der Waals surface area contributed by atoms with Crippen molar-refractivity contribution < 1.29 is 27.9 Å². The Labute approximate surface area is 224 Å². The Hall–Kier alpha value is -5.27. The highest BCUT2D eigenvalue weighted by molar-refractivity contribution is 6.06. The fourth-order valence-corrected chi connectivity index (χ4v) is 3.95. The molecule has 0 aliphatic rings. The number of aliphatic carboxylic acids is 1. The second-order valence-corrected chi connectivity index (χ2v) is 8.39. The number of H-pyrrole nitrogens is 1. The van der Waals surface area contributed by atoms with Crippen LogP contribution in [0.25, 0.3) is 22.6 Å². The van der Waals surface area contributed by atoms with Gasteiger partial charge < -0.3 is 25.7 Å². The number of hydrogen-bond acceptors (Lipinski definition) is 7. The number of benzene rings is 1. The topological polar surface area (TPSA) is 165 Å². The van der Waals surface area contributed by atoms with E-state index >= 15 is 0 Å². The SMILES string of the molecule is CCc1c(Cn2ccnc2)cccc1Nc1c(C(N)=O)cnc2nc(-c3ccncc3)[nH]c12.O=C(O)C(F)(F)F. The van der Waals surface area contributed by atoms with Crippen LogP contribution in [0.4, 0.5) is 24.5 Å². The second-order valence-electron chi connectivity index (χ2n) is 8.39. The van der Waals surface area contributed by atoms with Gasteiger partial charge in [-0.3, -0.25) is 9.78 Å². The zero-order valence-corrected chi connectivity index (χ0v) is 21.0. The molecule has 0 saturated heterocycles. The Bertz CT molecular complexity index is 1630. The number of rotatable bonds is 7. The number of carbonyl (C=O) groups excluding carboxylic acids is 1. The van der Waals surface area contributed by atoms with Gasteiger partial charge in [-0.25, -0.2) is 19.7 Å². The Morgan fingerprint density at radius 1 is 1.12 bits per heavy atom. The average Bonchev–Trinajstić information content (AvgIpc) is 3.59. The first-order valence-corrected chi connectivity index (χ1v) is 11.8. The monoisotopic (exact) mass is 552 g/mol. The number of nitrogens with zero attached hydrogens (tertiary/aromatic N) is 5. The minimum atomic E-state index is -5.08. The van der Waals surface area contributed by atoms with Crippen LogP contribution in [0.5, 0.6) is 0 Å². The standard InChI is InChI=1S/C24H22N8O.C2HF3O2/c1-2-17-16(13-32-11-10-27-14-32)4-3-5-19(17)29-20-18(22(25)33)12-28-24-21(20)30-23(31-24)15-6-8-26-9-7-15;3-2(4,5)1(6)7/h3-12,14H,2,13H2,1H3,(H2,25,33)(H2,28,29,30,31);(H,6,7). The maximum Gasteiger partial charge on any atom is 0.490 e. The maximum absolute atomic E-state index is 12.3. The van der Waals surface area contributed by atoms with Gasteiger partial charge in [0.1, 0.15) is 11.3 Å². The molecule has 0 bridgehead atoms. The number of hydrogen-bond donors (Lipinski definition) is 4. The molecule has 5 N–H and O–H groups in total. The predicted molar refractivity (Wildman–Crippen MR) is 140 cm³/mol. The number of carboxylic acid groups (broad SMARTS) is 1. The number of aromatic nitrogens is 6. The predicted octanol–water partition coefficient (Wildman–Crippen LogP) is 4.30. The van der Waals surface area contributed by atoms with Gasteiger partial charge in [-0.15, -0.1) is 0 Å². The van der Waals surface area contributed by atoms with Crippen molar-refractivity contribution in [1.82, 2.24) is 29.5 Å². The molecule has 5 rings (SSSR count). The lowest BCUT2D eigenvalue weighted by atomic mass is 10.0. The molecule has 1 aromatic carbocycles. The normalized spacial score (nSPS) is 11.1. The summed E-state index contributed by atoms with van der Waals surface area (Å²) >= 11 is 0. The number of anilines is 2. The van der Waals surface area contributed by atoms with Crippen LogP contribution in [0.1, 0.15) is 28.4 Å². The fourth-order valence-electron chi connectivity index (χ4n) is 3.95. The van der Waals surface area contributed by atoms with Crippen molar-refractivity contribution >= 4 is 34.4 Å². The first kappa shape index (κ1) is 27.8. The van der Waals surface area contributed by atoms with Crippen molar-refractivity contribution in [1.29, 1.82) is 0 Å². The zero-order valence-electron chi connectivity index (χ0n) is 21.0. The van der Waals surface area contributed by atoms with E-state index in [1.165, 1.54) is 6.20 Å². The molecule has 5 aromatic rings. The van der Waals surface area contributed by atoms with Crippen molar-refractivity contribution in [2.24, 2.45) is 5.73 Å². The molecule has 0 fully saturated rings. The Kier molecular flexibility index (Phi) is 8.07. The molecule has 0 saturated carbocycles. The Morgan fingerprint density at radius 2 is 1.85 bits per heavy atom. The first-order valence-electron chi connectivity index (χ1n) is 11.8. The van der Waals surface area contributed by atoms with E-state index in [9.17, 15) is 18.0 Å². The van der Waals surface area contributed by atoms with E-state index in [1.807, 2.05) is 35.0 Å². The fraction of sp³-hybridized carbons (Fsp3) is 0.154. The molecular weight excluding hydrogens is 529 g/mol. The van der Waals surface area contributed by atoms with Crippen molar-refractivity contribution in [3.63, 3.8) is 0 Å². The van der Waals surface area contributed by atoms with Gasteiger partial charge >= 0.3 is 12.1 Å². The van der Waals surface area contributed by atoms with E-state index in [-0.39, 0.29) is 5.56 Å². The van der Waals surface area contributed by atoms with Crippen molar-refractivity contribution in [2.75, 3.05) is 5.32 Å². The molecule has 0 spiro atoms. The van der Waals surface area contributed by atoms with Crippen molar-refractivity contribution in [2.45, 2.75) is 26.1 Å². The quantitative estimate of drug-likeness (QED) is 0.232. The van der Waals surface area contributed by atoms with Gasteiger partial charge in [-0.1, -0.05) is 19.1 Å². The van der Waals surface area contributed by atoms with Crippen LogP contribution < -0.4 is 11.1 Å². The summed E-state index contributed by atoms with van der Waals surface area (Å²) in [5.74, 6) is -2.69. The molecule has 0 atom stereocenters. The lowest BCUT2D eigenvalue weighted by molar-refractivity contribution is -0.192. The molecule has 0 unspecified atom stereocenters. The number of imidazole rings is 2. The number of fused-ring (bicyclic) bond motifs is 1. The molecule has 40 heavy (non-hydrogen) atoms. The van der Waals surface area contributed by atoms with Gasteiger partial charge in [0.05, 0.1) is 17.6 Å². The highest BCUT2D eigenvalue weighted by Gasteiger charge is 2.38. The van der Waals surface area contributed by atoms with E-state index in [4.69, 9.17) is 15.6 Å². The smallest absolute Gasteiger partial charge is 0.475 e. The number of carbonyl (C=O) groups is 2. The number of nitrogens with one attached hydrogen (secondary N) is 2. The highest BCUT2D eigenvalue weighted by atomic mass is 19.4. The van der Waals surface area contributed by atoms with E-state index in [1.54, 1.807) is 24.9 Å². The average molecular weight is 553 g/mol. The molecule has 4 heterocycles. The molecule has 4 aromatic heterocycles. The van der Waals surface area contributed by atoms with Crippen molar-refractivity contribution in [3.05, 3.63) is 84.3 Å².